The Morgan fingerprint density at radius 2 is 1.59 bits per heavy atom. The lowest BCUT2D eigenvalue weighted by molar-refractivity contribution is -0.258. The van der Waals surface area contributed by atoms with E-state index in [2.05, 4.69) is 39.0 Å². The summed E-state index contributed by atoms with van der Waals surface area (Å²) in [5.41, 5.74) is 6.24. The van der Waals surface area contributed by atoms with Gasteiger partial charge in [-0.2, -0.15) is 0 Å². The van der Waals surface area contributed by atoms with Crippen LogP contribution in [0.1, 0.15) is 77.9 Å². The third-order valence-electron chi connectivity index (χ3n) is 9.22. The first-order chi connectivity index (χ1) is 23.7. The molecule has 3 aromatic carbocycles. The number of esters is 2. The third kappa shape index (κ3) is 8.74. The number of benzene rings is 3. The van der Waals surface area contributed by atoms with E-state index in [9.17, 15) is 9.59 Å². The van der Waals surface area contributed by atoms with Gasteiger partial charge in [-0.05, 0) is 72.2 Å². The average molecular weight is 666 g/mol. The van der Waals surface area contributed by atoms with Crippen molar-refractivity contribution in [3.63, 3.8) is 0 Å². The average Bonchev–Trinajstić information content (AvgIpc) is 3.51. The van der Waals surface area contributed by atoms with Crippen LogP contribution in [-0.2, 0) is 25.4 Å². The maximum absolute atomic E-state index is 13.5. The topological polar surface area (TPSA) is 104 Å². The van der Waals surface area contributed by atoms with Gasteiger partial charge in [-0.25, -0.2) is 14.6 Å². The number of rotatable bonds is 12. The van der Waals surface area contributed by atoms with Crippen LogP contribution in [0.4, 0.5) is 0 Å². The number of carbonyl (C=O) groups is 2. The number of carbonyl (C=O) groups excluding carboxylic acids is 2. The van der Waals surface area contributed by atoms with Crippen molar-refractivity contribution >= 4 is 23.9 Å². The second-order valence-corrected chi connectivity index (χ2v) is 13.0. The molecule has 2 aliphatic rings. The van der Waals surface area contributed by atoms with Gasteiger partial charge in [0, 0.05) is 24.5 Å². The Morgan fingerprint density at radius 1 is 0.959 bits per heavy atom. The summed E-state index contributed by atoms with van der Waals surface area (Å²) in [5, 5.41) is 9.13. The summed E-state index contributed by atoms with van der Waals surface area (Å²) in [6, 6.07) is 23.8. The van der Waals surface area contributed by atoms with E-state index in [0.717, 1.165) is 22.3 Å². The van der Waals surface area contributed by atoms with Crippen molar-refractivity contribution < 1.29 is 33.6 Å². The molecule has 0 saturated carbocycles. The Hall–Kier alpha value is -4.53. The molecular weight excluding hydrogens is 618 g/mol. The molecule has 3 aromatic rings. The van der Waals surface area contributed by atoms with Crippen LogP contribution >= 0.6 is 0 Å². The highest BCUT2D eigenvalue weighted by Crippen LogP contribution is 2.36. The van der Waals surface area contributed by atoms with Crippen molar-refractivity contribution in [2.45, 2.75) is 78.5 Å². The molecule has 1 saturated heterocycles. The van der Waals surface area contributed by atoms with Crippen molar-refractivity contribution in [2.24, 2.45) is 16.8 Å². The number of hydrogen-bond acceptors (Lipinski definition) is 8. The highest BCUT2D eigenvalue weighted by atomic mass is 16.7. The molecule has 0 bridgehead atoms. The van der Waals surface area contributed by atoms with E-state index < -0.39 is 30.4 Å². The van der Waals surface area contributed by atoms with Gasteiger partial charge in [-0.3, -0.25) is 0 Å². The SMILES string of the molecule is CC[C@H]1O[C@@H](OC2=NCC(C(C)C)=C2Cc2ccc(/C=C/CCO)cc2C)[C@H](OC(=O)c2ccccc2)[C@@H](OC(=O)c2ccccc2)[C@@H]1C. The number of aryl methyl sites for hydroxylation is 1. The van der Waals surface area contributed by atoms with Gasteiger partial charge in [-0.1, -0.05) is 94.4 Å². The molecule has 0 aromatic heterocycles. The van der Waals surface area contributed by atoms with E-state index in [1.807, 2.05) is 38.1 Å². The van der Waals surface area contributed by atoms with Crippen LogP contribution in [0.25, 0.3) is 6.08 Å². The number of nitrogens with zero attached hydrogens (tertiary/aromatic N) is 1. The first-order valence-electron chi connectivity index (χ1n) is 17.2. The Morgan fingerprint density at radius 3 is 2.16 bits per heavy atom. The van der Waals surface area contributed by atoms with Crippen molar-refractivity contribution in [2.75, 3.05) is 13.2 Å². The summed E-state index contributed by atoms with van der Waals surface area (Å²) in [4.78, 5) is 31.8. The molecule has 0 aliphatic carbocycles. The Kier molecular flexibility index (Phi) is 12.2. The molecular formula is C41H47NO7. The smallest absolute Gasteiger partial charge is 0.338 e. The second-order valence-electron chi connectivity index (χ2n) is 13.0. The molecule has 8 heteroatoms. The standard InChI is InChI=1S/C41H47NO7/c1-6-35-28(5)36(47-39(44)30-16-9-7-10-17-30)37(48-40(45)31-18-11-8-12-19-31)41(46-35)49-38-33(34(25-42-38)26(2)3)24-32-21-20-29(23-27(32)4)15-13-14-22-43/h7-13,15-21,23,26,28,35-37,41,43H,6,14,22,24-25H2,1-5H3/b15-13+/t28-,35-,36+,37-,41+/m1/s1. The first-order valence-corrected chi connectivity index (χ1v) is 17.2. The van der Waals surface area contributed by atoms with Crippen LogP contribution in [0.15, 0.2) is 101 Å². The van der Waals surface area contributed by atoms with Crippen LogP contribution in [0.2, 0.25) is 0 Å². The zero-order valence-electron chi connectivity index (χ0n) is 29.0. The molecule has 258 valence electrons. The quantitative estimate of drug-likeness (QED) is 0.200. The minimum Gasteiger partial charge on any atom is -0.454 e. The molecule has 1 fully saturated rings. The minimum absolute atomic E-state index is 0.118. The summed E-state index contributed by atoms with van der Waals surface area (Å²) in [6.07, 6.45) is 2.47. The highest BCUT2D eigenvalue weighted by Gasteiger charge is 2.50. The number of aliphatic hydroxyl groups is 1. The van der Waals surface area contributed by atoms with Crippen molar-refractivity contribution in [1.29, 1.82) is 0 Å². The largest absolute Gasteiger partial charge is 0.454 e. The summed E-state index contributed by atoms with van der Waals surface area (Å²) in [6.45, 7) is 10.9. The number of hydrogen-bond donors (Lipinski definition) is 1. The maximum Gasteiger partial charge on any atom is 0.338 e. The number of ether oxygens (including phenoxy) is 4. The van der Waals surface area contributed by atoms with Crippen LogP contribution in [-0.4, -0.2) is 60.7 Å². The van der Waals surface area contributed by atoms with Crippen molar-refractivity contribution in [1.82, 2.24) is 0 Å². The predicted molar refractivity (Wildman–Crippen MR) is 190 cm³/mol. The van der Waals surface area contributed by atoms with Gasteiger partial charge in [0.1, 0.15) is 0 Å². The Labute approximate surface area is 289 Å². The van der Waals surface area contributed by atoms with Crippen LogP contribution in [0.5, 0.6) is 0 Å². The molecule has 0 amide bonds. The molecule has 5 rings (SSSR count). The van der Waals surface area contributed by atoms with E-state index >= 15 is 0 Å². The van der Waals surface area contributed by atoms with Gasteiger partial charge >= 0.3 is 11.9 Å². The third-order valence-corrected chi connectivity index (χ3v) is 9.22. The van der Waals surface area contributed by atoms with E-state index in [1.54, 1.807) is 48.5 Å². The fraction of sp³-hybridized carbons (Fsp3) is 0.390. The van der Waals surface area contributed by atoms with Gasteiger partial charge in [-0.15, -0.1) is 0 Å². The molecule has 8 nitrogen and oxygen atoms in total. The summed E-state index contributed by atoms with van der Waals surface area (Å²) >= 11 is 0. The van der Waals surface area contributed by atoms with E-state index in [-0.39, 0.29) is 24.5 Å². The highest BCUT2D eigenvalue weighted by molar-refractivity contribution is 5.97. The lowest BCUT2D eigenvalue weighted by Gasteiger charge is -2.44. The van der Waals surface area contributed by atoms with Gasteiger partial charge in [0.05, 0.1) is 23.8 Å². The van der Waals surface area contributed by atoms with Gasteiger partial charge in [0.2, 0.25) is 18.3 Å². The Bertz CT molecular complexity index is 1680. The number of aliphatic imine (C=N–C) groups is 1. The van der Waals surface area contributed by atoms with Crippen molar-refractivity contribution in [3.8, 4) is 0 Å². The predicted octanol–water partition coefficient (Wildman–Crippen LogP) is 7.54. The molecule has 49 heavy (non-hydrogen) atoms. The van der Waals surface area contributed by atoms with Gasteiger partial charge in [0.25, 0.3) is 0 Å². The minimum atomic E-state index is -1.08. The van der Waals surface area contributed by atoms with Gasteiger partial charge in [0.15, 0.2) is 6.10 Å². The molecule has 0 radical (unpaired) electrons. The zero-order chi connectivity index (χ0) is 34.9. The fourth-order valence-corrected chi connectivity index (χ4v) is 6.36. The lowest BCUT2D eigenvalue weighted by Crippen LogP contribution is -2.57. The van der Waals surface area contributed by atoms with E-state index in [1.165, 1.54) is 5.57 Å². The summed E-state index contributed by atoms with van der Waals surface area (Å²) < 4.78 is 25.5. The maximum atomic E-state index is 13.5. The monoisotopic (exact) mass is 665 g/mol. The van der Waals surface area contributed by atoms with Gasteiger partial charge < -0.3 is 24.1 Å². The molecule has 0 unspecified atom stereocenters. The van der Waals surface area contributed by atoms with E-state index in [0.29, 0.717) is 42.8 Å². The van der Waals surface area contributed by atoms with Crippen LogP contribution in [0.3, 0.4) is 0 Å². The molecule has 1 N–H and O–H groups in total. The van der Waals surface area contributed by atoms with Crippen molar-refractivity contribution in [3.05, 3.63) is 124 Å². The summed E-state index contributed by atoms with van der Waals surface area (Å²) in [7, 11) is 0. The molecule has 2 aliphatic heterocycles. The lowest BCUT2D eigenvalue weighted by atomic mass is 9.88. The molecule has 2 heterocycles. The second kappa shape index (κ2) is 16.7. The van der Waals surface area contributed by atoms with Crippen LogP contribution < -0.4 is 0 Å². The normalized spacial score (nSPS) is 22.3. The zero-order valence-corrected chi connectivity index (χ0v) is 29.0. The summed E-state index contributed by atoms with van der Waals surface area (Å²) in [5.74, 6) is -0.715. The first kappa shape index (κ1) is 35.8. The van der Waals surface area contributed by atoms with Crippen LogP contribution in [0, 0.1) is 18.8 Å². The fourth-order valence-electron chi connectivity index (χ4n) is 6.36. The number of aliphatic hydroxyl groups excluding tert-OH is 1. The van der Waals surface area contributed by atoms with E-state index in [4.69, 9.17) is 29.0 Å². The molecule has 0 spiro atoms. The molecule has 5 atom stereocenters. The Balaban J connectivity index is 1.46.